The number of likely N-dealkylation sites (N-methyl/N-ethyl adjacent to an activating group) is 1. The van der Waals surface area contributed by atoms with Gasteiger partial charge in [0.05, 0.1) is 24.0 Å². The lowest BCUT2D eigenvalue weighted by Gasteiger charge is -2.43. The fourth-order valence-corrected chi connectivity index (χ4v) is 3.81. The summed E-state index contributed by atoms with van der Waals surface area (Å²) in [5.74, 6) is 0.251. The van der Waals surface area contributed by atoms with Crippen LogP contribution in [0.15, 0.2) is 12.4 Å². The van der Waals surface area contributed by atoms with Crippen molar-refractivity contribution in [2.24, 2.45) is 0 Å². The molecule has 3 amide bonds. The molecule has 1 unspecified atom stereocenters. The quantitative estimate of drug-likeness (QED) is 0.863. The van der Waals surface area contributed by atoms with Crippen LogP contribution in [-0.2, 0) is 4.79 Å². The highest BCUT2D eigenvalue weighted by Crippen LogP contribution is 2.28. The third-order valence-electron chi connectivity index (χ3n) is 5.34. The standard InChI is InChI=1S/C16H24N6O2/c1-19-6-3-2-4-14(15(19)23)20-9-13(10-20)22-11-12(8-18-22)21-7-5-17-16(21)24/h8,11,13-14H,2-7,9-10H2,1H3,(H,17,24). The minimum atomic E-state index is -0.0584. The number of likely N-dealkylation sites (tertiary alicyclic amines) is 2. The van der Waals surface area contributed by atoms with Crippen LogP contribution in [0.2, 0.25) is 0 Å². The Morgan fingerprint density at radius 2 is 2.04 bits per heavy atom. The number of carbonyl (C=O) groups excluding carboxylic acids is 2. The molecule has 3 aliphatic heterocycles. The monoisotopic (exact) mass is 332 g/mol. The van der Waals surface area contributed by atoms with E-state index in [-0.39, 0.29) is 24.0 Å². The van der Waals surface area contributed by atoms with E-state index in [4.69, 9.17) is 0 Å². The van der Waals surface area contributed by atoms with Crippen molar-refractivity contribution in [1.29, 1.82) is 0 Å². The van der Waals surface area contributed by atoms with E-state index in [2.05, 4.69) is 15.3 Å². The van der Waals surface area contributed by atoms with Crippen molar-refractivity contribution < 1.29 is 9.59 Å². The molecule has 1 atom stereocenters. The van der Waals surface area contributed by atoms with Gasteiger partial charge in [-0.1, -0.05) is 0 Å². The highest BCUT2D eigenvalue weighted by Gasteiger charge is 2.39. The second-order valence-corrected chi connectivity index (χ2v) is 6.94. The molecule has 8 nitrogen and oxygen atoms in total. The van der Waals surface area contributed by atoms with Crippen LogP contribution < -0.4 is 10.2 Å². The van der Waals surface area contributed by atoms with Crippen LogP contribution in [0.3, 0.4) is 0 Å². The van der Waals surface area contributed by atoms with Crippen LogP contribution in [-0.4, -0.2) is 77.3 Å². The maximum atomic E-state index is 12.4. The van der Waals surface area contributed by atoms with E-state index in [9.17, 15) is 9.59 Å². The fourth-order valence-electron chi connectivity index (χ4n) is 3.81. The molecule has 0 saturated carbocycles. The Labute approximate surface area is 141 Å². The average Bonchev–Trinajstić information content (AvgIpc) is 3.12. The van der Waals surface area contributed by atoms with Gasteiger partial charge in [0.25, 0.3) is 0 Å². The Balaban J connectivity index is 1.38. The summed E-state index contributed by atoms with van der Waals surface area (Å²) in [4.78, 5) is 30.0. The Morgan fingerprint density at radius 1 is 1.21 bits per heavy atom. The summed E-state index contributed by atoms with van der Waals surface area (Å²) in [6.07, 6.45) is 6.84. The van der Waals surface area contributed by atoms with Gasteiger partial charge in [-0.05, 0) is 19.3 Å². The van der Waals surface area contributed by atoms with Crippen LogP contribution in [0.5, 0.6) is 0 Å². The Morgan fingerprint density at radius 3 is 2.79 bits per heavy atom. The minimum Gasteiger partial charge on any atom is -0.344 e. The number of aromatic nitrogens is 2. The van der Waals surface area contributed by atoms with Crippen molar-refractivity contribution in [3.8, 4) is 0 Å². The molecule has 8 heteroatoms. The minimum absolute atomic E-state index is 0.0214. The second kappa shape index (κ2) is 6.08. The van der Waals surface area contributed by atoms with Gasteiger partial charge in [-0.2, -0.15) is 5.10 Å². The first-order valence-corrected chi connectivity index (χ1v) is 8.72. The number of nitrogens with one attached hydrogen (secondary N) is 1. The lowest BCUT2D eigenvalue weighted by atomic mass is 10.0. The highest BCUT2D eigenvalue weighted by atomic mass is 16.2. The predicted molar refractivity (Wildman–Crippen MR) is 88.9 cm³/mol. The largest absolute Gasteiger partial charge is 0.344 e. The smallest absolute Gasteiger partial charge is 0.322 e. The van der Waals surface area contributed by atoms with Gasteiger partial charge in [0.1, 0.15) is 0 Å². The Hall–Kier alpha value is -2.09. The summed E-state index contributed by atoms with van der Waals surface area (Å²) in [5, 5.41) is 7.22. The van der Waals surface area contributed by atoms with E-state index in [1.165, 1.54) is 0 Å². The first-order valence-electron chi connectivity index (χ1n) is 8.72. The van der Waals surface area contributed by atoms with Crippen molar-refractivity contribution >= 4 is 17.6 Å². The van der Waals surface area contributed by atoms with E-state index in [1.54, 1.807) is 11.1 Å². The van der Waals surface area contributed by atoms with Gasteiger partial charge in [-0.25, -0.2) is 4.79 Å². The summed E-state index contributed by atoms with van der Waals surface area (Å²) in [5.41, 5.74) is 0.841. The maximum absolute atomic E-state index is 12.4. The number of rotatable bonds is 3. The second-order valence-electron chi connectivity index (χ2n) is 6.94. The Kier molecular flexibility index (Phi) is 3.91. The van der Waals surface area contributed by atoms with Crippen molar-refractivity contribution in [3.05, 3.63) is 12.4 Å². The molecule has 3 saturated heterocycles. The molecule has 4 heterocycles. The molecule has 1 N–H and O–H groups in total. The third kappa shape index (κ3) is 2.64. The molecular weight excluding hydrogens is 308 g/mol. The van der Waals surface area contributed by atoms with E-state index >= 15 is 0 Å². The van der Waals surface area contributed by atoms with Crippen LogP contribution in [0, 0.1) is 0 Å². The van der Waals surface area contributed by atoms with Gasteiger partial charge < -0.3 is 10.2 Å². The number of hydrogen-bond acceptors (Lipinski definition) is 4. The molecule has 1 aromatic rings. The third-order valence-corrected chi connectivity index (χ3v) is 5.34. The van der Waals surface area contributed by atoms with Crippen LogP contribution in [0.1, 0.15) is 25.3 Å². The maximum Gasteiger partial charge on any atom is 0.322 e. The number of anilines is 1. The van der Waals surface area contributed by atoms with E-state index in [1.807, 2.05) is 22.8 Å². The zero-order valence-electron chi connectivity index (χ0n) is 14.0. The molecule has 0 aromatic carbocycles. The van der Waals surface area contributed by atoms with Crippen molar-refractivity contribution in [1.82, 2.24) is 24.9 Å². The number of nitrogens with zero attached hydrogens (tertiary/aromatic N) is 5. The van der Waals surface area contributed by atoms with E-state index in [0.717, 1.165) is 44.6 Å². The van der Waals surface area contributed by atoms with Crippen molar-refractivity contribution in [2.75, 3.05) is 44.7 Å². The lowest BCUT2D eigenvalue weighted by molar-refractivity contribution is -0.137. The van der Waals surface area contributed by atoms with Gasteiger partial charge in [0.15, 0.2) is 0 Å². The summed E-state index contributed by atoms with van der Waals surface area (Å²) in [6.45, 7) is 3.92. The fraction of sp³-hybridized carbons (Fsp3) is 0.688. The van der Waals surface area contributed by atoms with E-state index < -0.39 is 0 Å². The molecule has 0 aliphatic carbocycles. The molecule has 1 aromatic heterocycles. The zero-order valence-corrected chi connectivity index (χ0v) is 14.0. The predicted octanol–water partition coefficient (Wildman–Crippen LogP) is 0.280. The van der Waals surface area contributed by atoms with Gasteiger partial charge in [-0.3, -0.25) is 19.3 Å². The molecule has 4 rings (SSSR count). The number of amides is 3. The molecule has 3 aliphatic rings. The van der Waals surface area contributed by atoms with Gasteiger partial charge in [0.2, 0.25) is 5.91 Å². The van der Waals surface area contributed by atoms with Crippen molar-refractivity contribution in [3.63, 3.8) is 0 Å². The summed E-state index contributed by atoms with van der Waals surface area (Å²) in [6, 6.07) is 0.246. The van der Waals surface area contributed by atoms with Gasteiger partial charge in [-0.15, -0.1) is 0 Å². The number of hydrogen-bond donors (Lipinski definition) is 1. The molecule has 24 heavy (non-hydrogen) atoms. The lowest BCUT2D eigenvalue weighted by Crippen LogP contribution is -2.57. The van der Waals surface area contributed by atoms with Crippen molar-refractivity contribution in [2.45, 2.75) is 31.3 Å². The molecule has 0 bridgehead atoms. The van der Waals surface area contributed by atoms with Gasteiger partial charge in [0, 0.05) is 46.0 Å². The summed E-state index contributed by atoms with van der Waals surface area (Å²) < 4.78 is 1.93. The first kappa shape index (κ1) is 15.4. The zero-order chi connectivity index (χ0) is 16.7. The molecule has 130 valence electrons. The van der Waals surface area contributed by atoms with Gasteiger partial charge >= 0.3 is 6.03 Å². The first-order chi connectivity index (χ1) is 11.6. The average molecular weight is 332 g/mol. The molecule has 0 radical (unpaired) electrons. The molecular formula is C16H24N6O2. The van der Waals surface area contributed by atoms with E-state index in [0.29, 0.717) is 13.1 Å². The topological polar surface area (TPSA) is 73.7 Å². The SMILES string of the molecule is CN1CCCCC(N2CC(n3cc(N4CCNC4=O)cn3)C2)C1=O. The number of carbonyl (C=O) groups is 2. The molecule has 3 fully saturated rings. The normalized spacial score (nSPS) is 26.5. The Bertz CT molecular complexity index is 638. The molecule has 0 spiro atoms. The van der Waals surface area contributed by atoms with Crippen LogP contribution in [0.4, 0.5) is 10.5 Å². The van der Waals surface area contributed by atoms with Crippen LogP contribution in [0.25, 0.3) is 0 Å². The highest BCUT2D eigenvalue weighted by molar-refractivity contribution is 5.93. The van der Waals surface area contributed by atoms with Crippen LogP contribution >= 0.6 is 0 Å². The number of urea groups is 1. The summed E-state index contributed by atoms with van der Waals surface area (Å²) in [7, 11) is 1.90. The summed E-state index contributed by atoms with van der Waals surface area (Å²) >= 11 is 0.